The Kier molecular flexibility index (Phi) is 4.33. The van der Waals surface area contributed by atoms with Crippen LogP contribution < -0.4 is 10.2 Å². The molecule has 0 aromatic heterocycles. The number of aliphatic imine (C=N–C) groups is 1. The normalized spacial score (nSPS) is 12.4. The Morgan fingerprint density at radius 2 is 1.82 bits per heavy atom. The monoisotopic (exact) mass is 248 g/mol. The second kappa shape index (κ2) is 5.53. The summed E-state index contributed by atoms with van der Waals surface area (Å²) in [5.74, 6) is 0.125. The predicted molar refractivity (Wildman–Crippen MR) is 55.7 cm³/mol. The number of alkyl halides is 3. The molecule has 0 aliphatic rings. The third-order valence-corrected chi connectivity index (χ3v) is 1.78. The molecule has 1 aromatic rings. The van der Waals surface area contributed by atoms with Gasteiger partial charge in [0.05, 0.1) is 7.11 Å². The predicted octanol–water partition coefficient (Wildman–Crippen LogP) is 2.11. The van der Waals surface area contributed by atoms with Crippen LogP contribution in [0.4, 0.5) is 13.2 Å². The van der Waals surface area contributed by atoms with E-state index in [4.69, 9.17) is 0 Å². The Balaban J connectivity index is 2.80. The van der Waals surface area contributed by atoms with Crippen molar-refractivity contribution in [1.29, 1.82) is 0 Å². The number of hydroxylamine groups is 1. The summed E-state index contributed by atoms with van der Waals surface area (Å²) < 4.78 is 39.5. The van der Waals surface area contributed by atoms with E-state index in [2.05, 4.69) is 20.0 Å². The van der Waals surface area contributed by atoms with Crippen molar-refractivity contribution in [3.8, 4) is 5.75 Å². The van der Waals surface area contributed by atoms with E-state index in [1.807, 2.05) is 0 Å². The molecule has 0 aliphatic carbocycles. The van der Waals surface area contributed by atoms with Gasteiger partial charge in [-0.05, 0) is 24.3 Å². The first-order chi connectivity index (χ1) is 7.96. The molecule has 0 bridgehead atoms. The molecule has 0 saturated carbocycles. The fourth-order valence-corrected chi connectivity index (χ4v) is 1.14. The van der Waals surface area contributed by atoms with Crippen molar-refractivity contribution in [3.05, 3.63) is 29.8 Å². The van der Waals surface area contributed by atoms with Crippen LogP contribution in [0.25, 0.3) is 0 Å². The summed E-state index contributed by atoms with van der Waals surface area (Å²) in [4.78, 5) is 8.54. The fourth-order valence-electron chi connectivity index (χ4n) is 1.14. The molecule has 0 atom stereocenters. The second-order valence-corrected chi connectivity index (χ2v) is 2.95. The van der Waals surface area contributed by atoms with Gasteiger partial charge in [0.25, 0.3) is 0 Å². The Morgan fingerprint density at radius 1 is 1.24 bits per heavy atom. The van der Waals surface area contributed by atoms with Crippen LogP contribution in [0.1, 0.15) is 5.56 Å². The van der Waals surface area contributed by atoms with E-state index in [0.29, 0.717) is 11.4 Å². The summed E-state index contributed by atoms with van der Waals surface area (Å²) in [6.45, 7) is 0. The minimum Gasteiger partial charge on any atom is -0.406 e. The van der Waals surface area contributed by atoms with E-state index in [0.717, 1.165) is 0 Å². The molecule has 0 unspecified atom stereocenters. The molecule has 0 heterocycles. The van der Waals surface area contributed by atoms with Gasteiger partial charge in [0.1, 0.15) is 5.75 Å². The van der Waals surface area contributed by atoms with Gasteiger partial charge < -0.3 is 4.74 Å². The van der Waals surface area contributed by atoms with E-state index < -0.39 is 6.36 Å². The van der Waals surface area contributed by atoms with Gasteiger partial charge in [-0.2, -0.15) is 0 Å². The van der Waals surface area contributed by atoms with E-state index in [-0.39, 0.29) is 5.75 Å². The maximum absolute atomic E-state index is 11.9. The molecule has 17 heavy (non-hydrogen) atoms. The molecule has 0 radical (unpaired) electrons. The summed E-state index contributed by atoms with van der Waals surface area (Å²) in [5, 5.41) is 0. The number of hydrogen-bond acceptors (Lipinski definition) is 3. The number of hydrogen-bond donors (Lipinski definition) is 1. The quantitative estimate of drug-likeness (QED) is 0.506. The largest absolute Gasteiger partial charge is 0.573 e. The Hall–Kier alpha value is -1.76. The summed E-state index contributed by atoms with van der Waals surface area (Å²) in [6, 6.07) is 5.28. The lowest BCUT2D eigenvalue weighted by Crippen LogP contribution is -2.23. The first kappa shape index (κ1) is 13.3. The third-order valence-electron chi connectivity index (χ3n) is 1.78. The van der Waals surface area contributed by atoms with Crippen LogP contribution in [-0.4, -0.2) is 26.4 Å². The highest BCUT2D eigenvalue weighted by molar-refractivity contribution is 5.98. The van der Waals surface area contributed by atoms with Crippen molar-refractivity contribution < 1.29 is 22.7 Å². The molecule has 1 rings (SSSR count). The van der Waals surface area contributed by atoms with E-state index in [1.54, 1.807) is 0 Å². The highest BCUT2D eigenvalue weighted by Gasteiger charge is 2.30. The summed E-state index contributed by atoms with van der Waals surface area (Å²) in [6.07, 6.45) is -4.69. The third kappa shape index (κ3) is 4.31. The number of nitrogens with zero attached hydrogens (tertiary/aromatic N) is 1. The number of nitrogens with one attached hydrogen (secondary N) is 1. The maximum Gasteiger partial charge on any atom is 0.573 e. The van der Waals surface area contributed by atoms with Crippen molar-refractivity contribution in [3.63, 3.8) is 0 Å². The van der Waals surface area contributed by atoms with Gasteiger partial charge in [-0.1, -0.05) is 0 Å². The lowest BCUT2D eigenvalue weighted by Gasteiger charge is -2.10. The number of ether oxygens (including phenoxy) is 1. The molecule has 7 heteroatoms. The Morgan fingerprint density at radius 3 is 2.24 bits per heavy atom. The molecule has 0 spiro atoms. The van der Waals surface area contributed by atoms with Gasteiger partial charge in [0.15, 0.2) is 5.84 Å². The molecular weight excluding hydrogens is 237 g/mol. The molecular formula is C10H11F3N2O2. The summed E-state index contributed by atoms with van der Waals surface area (Å²) >= 11 is 0. The van der Waals surface area contributed by atoms with Crippen LogP contribution in [0, 0.1) is 0 Å². The van der Waals surface area contributed by atoms with Crippen LogP contribution in [0.3, 0.4) is 0 Å². The highest BCUT2D eigenvalue weighted by atomic mass is 19.4. The van der Waals surface area contributed by atoms with Gasteiger partial charge in [-0.3, -0.25) is 9.83 Å². The average Bonchev–Trinajstić information content (AvgIpc) is 2.25. The van der Waals surface area contributed by atoms with Gasteiger partial charge in [0.2, 0.25) is 0 Å². The zero-order valence-corrected chi connectivity index (χ0v) is 9.21. The van der Waals surface area contributed by atoms with E-state index in [9.17, 15) is 13.2 Å². The Bertz CT molecular complexity index is 388. The van der Waals surface area contributed by atoms with Crippen molar-refractivity contribution in [2.45, 2.75) is 6.36 Å². The summed E-state index contributed by atoms with van der Waals surface area (Å²) in [5.41, 5.74) is 3.09. The zero-order chi connectivity index (χ0) is 12.9. The number of rotatable bonds is 3. The topological polar surface area (TPSA) is 42.9 Å². The first-order valence-corrected chi connectivity index (χ1v) is 4.58. The smallest absolute Gasteiger partial charge is 0.406 e. The fraction of sp³-hybridized carbons (Fsp3) is 0.300. The van der Waals surface area contributed by atoms with Gasteiger partial charge in [0, 0.05) is 12.6 Å². The highest BCUT2D eigenvalue weighted by Crippen LogP contribution is 2.22. The number of benzene rings is 1. The molecule has 0 aliphatic heterocycles. The van der Waals surface area contributed by atoms with Crippen LogP contribution in [-0.2, 0) is 4.84 Å². The molecule has 0 amide bonds. The molecule has 1 N–H and O–H groups in total. The minimum atomic E-state index is -4.69. The zero-order valence-electron chi connectivity index (χ0n) is 9.21. The van der Waals surface area contributed by atoms with E-state index in [1.165, 1.54) is 38.4 Å². The van der Waals surface area contributed by atoms with Gasteiger partial charge >= 0.3 is 6.36 Å². The minimum absolute atomic E-state index is 0.283. The molecule has 4 nitrogen and oxygen atoms in total. The standard InChI is InChI=1S/C10H11F3N2O2/c1-14-9(15-16-2)7-3-5-8(6-4-7)17-10(11,12)13/h3-6H,1-2H3,(H,14,15). The molecule has 0 fully saturated rings. The molecule has 94 valence electrons. The second-order valence-electron chi connectivity index (χ2n) is 2.95. The lowest BCUT2D eigenvalue weighted by atomic mass is 10.2. The average molecular weight is 248 g/mol. The molecule has 0 saturated heterocycles. The van der Waals surface area contributed by atoms with Crippen molar-refractivity contribution >= 4 is 5.84 Å². The van der Waals surface area contributed by atoms with E-state index >= 15 is 0 Å². The van der Waals surface area contributed by atoms with Gasteiger partial charge in [-0.25, -0.2) is 5.48 Å². The van der Waals surface area contributed by atoms with Crippen molar-refractivity contribution in [2.75, 3.05) is 14.2 Å². The van der Waals surface area contributed by atoms with Gasteiger partial charge in [-0.15, -0.1) is 13.2 Å². The molecule has 1 aromatic carbocycles. The van der Waals surface area contributed by atoms with Crippen LogP contribution in [0.5, 0.6) is 5.75 Å². The Labute approximate surface area is 96.0 Å². The number of halogens is 3. The number of amidine groups is 1. The SMILES string of the molecule is CN=C(NOC)c1ccc(OC(F)(F)F)cc1. The van der Waals surface area contributed by atoms with Crippen molar-refractivity contribution in [1.82, 2.24) is 5.48 Å². The van der Waals surface area contributed by atoms with Crippen LogP contribution >= 0.6 is 0 Å². The maximum atomic E-state index is 11.9. The van der Waals surface area contributed by atoms with Crippen LogP contribution in [0.2, 0.25) is 0 Å². The van der Waals surface area contributed by atoms with Crippen molar-refractivity contribution in [2.24, 2.45) is 4.99 Å². The lowest BCUT2D eigenvalue weighted by molar-refractivity contribution is -0.274. The van der Waals surface area contributed by atoms with Crippen LogP contribution in [0.15, 0.2) is 29.3 Å². The first-order valence-electron chi connectivity index (χ1n) is 4.58. The summed E-state index contributed by atoms with van der Waals surface area (Å²) in [7, 11) is 2.94.